The molecular weight excluding hydrogens is 205 g/mol. The smallest absolute Gasteiger partial charge is 0.127 e. The highest BCUT2D eigenvalue weighted by atomic mass is 19.1. The first-order valence-corrected chi connectivity index (χ1v) is 5.84. The van der Waals surface area contributed by atoms with E-state index in [-0.39, 0.29) is 11.6 Å². The van der Waals surface area contributed by atoms with Gasteiger partial charge in [-0.05, 0) is 49.5 Å². The van der Waals surface area contributed by atoms with Crippen LogP contribution in [0.25, 0.3) is 0 Å². The van der Waals surface area contributed by atoms with E-state index in [1.54, 1.807) is 6.07 Å². The first-order chi connectivity index (χ1) is 7.63. The fourth-order valence-corrected chi connectivity index (χ4v) is 2.20. The largest absolute Gasteiger partial charge is 0.508 e. The van der Waals surface area contributed by atoms with Gasteiger partial charge in [0.1, 0.15) is 11.6 Å². The minimum Gasteiger partial charge on any atom is -0.508 e. The van der Waals surface area contributed by atoms with Gasteiger partial charge in [0, 0.05) is 12.6 Å². The van der Waals surface area contributed by atoms with E-state index >= 15 is 0 Å². The van der Waals surface area contributed by atoms with Crippen LogP contribution in [0.3, 0.4) is 0 Å². The lowest BCUT2D eigenvalue weighted by Gasteiger charge is -2.30. The molecule has 2 nitrogen and oxygen atoms in total. The van der Waals surface area contributed by atoms with E-state index in [2.05, 4.69) is 11.8 Å². The Labute approximate surface area is 95.7 Å². The van der Waals surface area contributed by atoms with Crippen LogP contribution in [0.1, 0.15) is 25.3 Å². The predicted molar refractivity (Wildman–Crippen MR) is 61.7 cm³/mol. The van der Waals surface area contributed by atoms with Gasteiger partial charge in [-0.2, -0.15) is 0 Å². The van der Waals surface area contributed by atoms with Crippen LogP contribution in [0, 0.1) is 11.7 Å². The van der Waals surface area contributed by atoms with Gasteiger partial charge in [0.25, 0.3) is 0 Å². The van der Waals surface area contributed by atoms with E-state index in [1.807, 2.05) is 0 Å². The van der Waals surface area contributed by atoms with E-state index in [1.165, 1.54) is 18.9 Å². The predicted octanol–water partition coefficient (Wildman–Crippen LogP) is 2.76. The summed E-state index contributed by atoms with van der Waals surface area (Å²) in [6, 6.07) is 4.28. The van der Waals surface area contributed by atoms with Crippen LogP contribution in [0.15, 0.2) is 18.2 Å². The summed E-state index contributed by atoms with van der Waals surface area (Å²) < 4.78 is 13.1. The standard InChI is InChI=1S/C13H18FNO/c1-10-2-4-15(5-3-10)9-11-6-12(14)8-13(16)7-11/h6-8,10,16H,2-5,9H2,1H3. The summed E-state index contributed by atoms with van der Waals surface area (Å²) in [6.45, 7) is 5.14. The Kier molecular flexibility index (Phi) is 3.44. The van der Waals surface area contributed by atoms with Crippen LogP contribution in [0.5, 0.6) is 5.75 Å². The number of piperidine rings is 1. The number of rotatable bonds is 2. The molecule has 1 N–H and O–H groups in total. The first-order valence-electron chi connectivity index (χ1n) is 5.84. The molecule has 0 bridgehead atoms. The van der Waals surface area contributed by atoms with E-state index in [0.717, 1.165) is 37.2 Å². The Balaban J connectivity index is 1.98. The Morgan fingerprint density at radius 3 is 2.62 bits per heavy atom. The van der Waals surface area contributed by atoms with Gasteiger partial charge in [0.2, 0.25) is 0 Å². The molecule has 16 heavy (non-hydrogen) atoms. The SMILES string of the molecule is CC1CCN(Cc2cc(O)cc(F)c2)CC1. The van der Waals surface area contributed by atoms with Gasteiger partial charge in [-0.3, -0.25) is 4.90 Å². The average Bonchev–Trinajstić information content (AvgIpc) is 2.20. The Morgan fingerprint density at radius 2 is 2.00 bits per heavy atom. The molecule has 1 aliphatic heterocycles. The van der Waals surface area contributed by atoms with Gasteiger partial charge in [-0.1, -0.05) is 6.92 Å². The number of aromatic hydroxyl groups is 1. The van der Waals surface area contributed by atoms with Crippen molar-refractivity contribution >= 4 is 0 Å². The Morgan fingerprint density at radius 1 is 1.31 bits per heavy atom. The number of hydrogen-bond donors (Lipinski definition) is 1. The average molecular weight is 223 g/mol. The third kappa shape index (κ3) is 2.95. The monoisotopic (exact) mass is 223 g/mol. The van der Waals surface area contributed by atoms with Gasteiger partial charge in [-0.25, -0.2) is 4.39 Å². The molecule has 0 aliphatic carbocycles. The second-order valence-electron chi connectivity index (χ2n) is 4.78. The minimum absolute atomic E-state index is 0.0142. The third-order valence-corrected chi connectivity index (χ3v) is 3.22. The highest BCUT2D eigenvalue weighted by Gasteiger charge is 2.15. The molecule has 1 aliphatic rings. The zero-order valence-electron chi connectivity index (χ0n) is 9.62. The topological polar surface area (TPSA) is 23.5 Å². The molecular formula is C13H18FNO. The van der Waals surface area contributed by atoms with Crippen molar-refractivity contribution in [1.82, 2.24) is 4.90 Å². The van der Waals surface area contributed by atoms with E-state index in [0.29, 0.717) is 0 Å². The van der Waals surface area contributed by atoms with Crippen molar-refractivity contribution in [2.45, 2.75) is 26.3 Å². The number of halogens is 1. The van der Waals surface area contributed by atoms with Crippen molar-refractivity contribution in [3.63, 3.8) is 0 Å². The maximum Gasteiger partial charge on any atom is 0.127 e. The second kappa shape index (κ2) is 4.83. The lowest BCUT2D eigenvalue weighted by atomic mass is 9.99. The van der Waals surface area contributed by atoms with Crippen molar-refractivity contribution in [1.29, 1.82) is 0 Å². The first kappa shape index (κ1) is 11.4. The van der Waals surface area contributed by atoms with Crippen molar-refractivity contribution in [2.24, 2.45) is 5.92 Å². The third-order valence-electron chi connectivity index (χ3n) is 3.22. The number of hydrogen-bond acceptors (Lipinski definition) is 2. The molecule has 0 spiro atoms. The van der Waals surface area contributed by atoms with Crippen molar-refractivity contribution in [3.8, 4) is 5.75 Å². The Bertz CT molecular complexity index is 339. The summed E-state index contributed by atoms with van der Waals surface area (Å²) >= 11 is 0. The number of benzene rings is 1. The van der Waals surface area contributed by atoms with Crippen LogP contribution in [-0.4, -0.2) is 23.1 Å². The van der Waals surface area contributed by atoms with E-state index < -0.39 is 0 Å². The number of phenols is 1. The van der Waals surface area contributed by atoms with Gasteiger partial charge >= 0.3 is 0 Å². The van der Waals surface area contributed by atoms with Crippen LogP contribution >= 0.6 is 0 Å². The molecule has 2 rings (SSSR count). The van der Waals surface area contributed by atoms with Gasteiger partial charge < -0.3 is 5.11 Å². The fourth-order valence-electron chi connectivity index (χ4n) is 2.20. The van der Waals surface area contributed by atoms with E-state index in [4.69, 9.17) is 0 Å². The molecule has 1 aromatic rings. The molecule has 3 heteroatoms. The molecule has 0 amide bonds. The molecule has 88 valence electrons. The maximum absolute atomic E-state index is 13.1. The van der Waals surface area contributed by atoms with Gasteiger partial charge in [-0.15, -0.1) is 0 Å². The van der Waals surface area contributed by atoms with Crippen LogP contribution in [0.2, 0.25) is 0 Å². The molecule has 1 aromatic carbocycles. The number of nitrogens with zero attached hydrogens (tertiary/aromatic N) is 1. The van der Waals surface area contributed by atoms with Crippen molar-refractivity contribution in [2.75, 3.05) is 13.1 Å². The summed E-state index contributed by atoms with van der Waals surface area (Å²) in [5, 5.41) is 9.31. The molecule has 0 atom stereocenters. The quantitative estimate of drug-likeness (QED) is 0.833. The molecule has 1 heterocycles. The Hall–Kier alpha value is -1.09. The van der Waals surface area contributed by atoms with Gasteiger partial charge in [0.05, 0.1) is 0 Å². The van der Waals surface area contributed by atoms with Crippen LogP contribution in [-0.2, 0) is 6.54 Å². The molecule has 0 saturated carbocycles. The molecule has 0 aromatic heterocycles. The number of phenolic OH excluding ortho intramolecular Hbond substituents is 1. The van der Waals surface area contributed by atoms with Gasteiger partial charge in [0.15, 0.2) is 0 Å². The normalized spacial score (nSPS) is 18.9. The lowest BCUT2D eigenvalue weighted by molar-refractivity contribution is 0.185. The zero-order chi connectivity index (χ0) is 11.5. The zero-order valence-corrected chi connectivity index (χ0v) is 9.62. The van der Waals surface area contributed by atoms with Crippen LogP contribution < -0.4 is 0 Å². The maximum atomic E-state index is 13.1. The summed E-state index contributed by atoms with van der Waals surface area (Å²) in [5.41, 5.74) is 0.854. The molecule has 0 unspecified atom stereocenters. The molecule has 1 fully saturated rings. The highest BCUT2D eigenvalue weighted by molar-refractivity contribution is 5.28. The minimum atomic E-state index is -0.361. The van der Waals surface area contributed by atoms with Crippen molar-refractivity contribution < 1.29 is 9.50 Å². The van der Waals surface area contributed by atoms with Crippen LogP contribution in [0.4, 0.5) is 4.39 Å². The van der Waals surface area contributed by atoms with Crippen molar-refractivity contribution in [3.05, 3.63) is 29.6 Å². The summed E-state index contributed by atoms with van der Waals surface area (Å²) in [7, 11) is 0. The van der Waals surface area contributed by atoms with E-state index in [9.17, 15) is 9.50 Å². The number of likely N-dealkylation sites (tertiary alicyclic amines) is 1. The molecule has 1 saturated heterocycles. The molecule has 0 radical (unpaired) electrons. The summed E-state index contributed by atoms with van der Waals surface area (Å²) in [6.07, 6.45) is 2.42. The second-order valence-corrected chi connectivity index (χ2v) is 4.78. The highest BCUT2D eigenvalue weighted by Crippen LogP contribution is 2.20. The fraction of sp³-hybridized carbons (Fsp3) is 0.538. The summed E-state index contributed by atoms with van der Waals surface area (Å²) in [4.78, 5) is 2.31. The summed E-state index contributed by atoms with van der Waals surface area (Å²) in [5.74, 6) is 0.456. The lowest BCUT2D eigenvalue weighted by Crippen LogP contribution is -2.32.